The molecule has 0 fully saturated rings. The van der Waals surface area contributed by atoms with Gasteiger partial charge in [0.05, 0.1) is 10.5 Å². The van der Waals surface area contributed by atoms with Gasteiger partial charge in [-0.15, -0.1) is 0 Å². The van der Waals surface area contributed by atoms with Gasteiger partial charge in [0.2, 0.25) is 0 Å². The summed E-state index contributed by atoms with van der Waals surface area (Å²) in [6.07, 6.45) is -0.523. The first kappa shape index (κ1) is 13.2. The molecule has 0 saturated heterocycles. The molecule has 0 amide bonds. The van der Waals surface area contributed by atoms with Crippen LogP contribution in [-0.2, 0) is 4.79 Å². The lowest BCUT2D eigenvalue weighted by Gasteiger charge is -1.99. The lowest BCUT2D eigenvalue weighted by Crippen LogP contribution is -2.03. The lowest BCUT2D eigenvalue weighted by molar-refractivity contribution is -0.385. The van der Waals surface area contributed by atoms with Gasteiger partial charge in [-0.1, -0.05) is 17.9 Å². The molecule has 0 heterocycles. The first-order chi connectivity index (χ1) is 8.43. The number of carbonyl (C=O) groups is 2. The Balaban J connectivity index is 3.34. The summed E-state index contributed by atoms with van der Waals surface area (Å²) in [5, 5.41) is 28.0. The second-order valence-corrected chi connectivity index (χ2v) is 3.13. The molecule has 0 atom stereocenters. The maximum absolute atomic E-state index is 10.9. The third-order valence-electron chi connectivity index (χ3n) is 1.92. The highest BCUT2D eigenvalue weighted by atomic mass is 16.6. The summed E-state index contributed by atoms with van der Waals surface area (Å²) >= 11 is 0. The monoisotopic (exact) mass is 249 g/mol. The molecule has 0 aliphatic rings. The van der Waals surface area contributed by atoms with Gasteiger partial charge in [-0.25, -0.2) is 4.79 Å². The summed E-state index contributed by atoms with van der Waals surface area (Å²) in [6.45, 7) is 0. The van der Waals surface area contributed by atoms with E-state index in [1.807, 2.05) is 0 Å². The van der Waals surface area contributed by atoms with Crippen LogP contribution in [0.5, 0.6) is 0 Å². The number of nitrogens with zero attached hydrogens (tertiary/aromatic N) is 1. The smallest absolute Gasteiger partial charge is 0.337 e. The van der Waals surface area contributed by atoms with Gasteiger partial charge >= 0.3 is 11.9 Å². The van der Waals surface area contributed by atoms with E-state index in [1.165, 1.54) is 12.1 Å². The Bertz CT molecular complexity index is 549. The molecule has 7 nitrogen and oxygen atoms in total. The number of carboxylic acids is 2. The molecule has 1 aromatic carbocycles. The molecule has 92 valence electrons. The molecule has 0 saturated carbocycles. The van der Waals surface area contributed by atoms with E-state index in [9.17, 15) is 19.7 Å². The van der Waals surface area contributed by atoms with Gasteiger partial charge in [0, 0.05) is 6.07 Å². The van der Waals surface area contributed by atoms with Crippen molar-refractivity contribution in [2.45, 2.75) is 6.42 Å². The van der Waals surface area contributed by atoms with Crippen molar-refractivity contribution >= 4 is 17.6 Å². The maximum Gasteiger partial charge on any atom is 0.337 e. The van der Waals surface area contributed by atoms with Crippen LogP contribution in [0, 0.1) is 22.0 Å². The predicted molar refractivity (Wildman–Crippen MR) is 59.2 cm³/mol. The van der Waals surface area contributed by atoms with E-state index >= 15 is 0 Å². The minimum absolute atomic E-state index is 0.295. The third-order valence-corrected chi connectivity index (χ3v) is 1.92. The highest BCUT2D eigenvalue weighted by Crippen LogP contribution is 2.21. The van der Waals surface area contributed by atoms with Crippen molar-refractivity contribution in [3.63, 3.8) is 0 Å². The number of benzene rings is 1. The molecule has 1 rings (SSSR count). The Morgan fingerprint density at radius 1 is 1.33 bits per heavy atom. The Kier molecular flexibility index (Phi) is 3.99. The van der Waals surface area contributed by atoms with Crippen molar-refractivity contribution < 1.29 is 24.7 Å². The van der Waals surface area contributed by atoms with Crippen molar-refractivity contribution in [1.29, 1.82) is 0 Å². The zero-order valence-electron chi connectivity index (χ0n) is 8.91. The fourth-order valence-electron chi connectivity index (χ4n) is 1.21. The largest absolute Gasteiger partial charge is 0.481 e. The van der Waals surface area contributed by atoms with Crippen LogP contribution in [0.15, 0.2) is 18.2 Å². The summed E-state index contributed by atoms with van der Waals surface area (Å²) in [5.74, 6) is 1.84. The second kappa shape index (κ2) is 5.45. The van der Waals surface area contributed by atoms with Gasteiger partial charge in [-0.05, 0) is 6.07 Å². The molecule has 2 N–H and O–H groups in total. The van der Waals surface area contributed by atoms with Gasteiger partial charge in [-0.3, -0.25) is 14.9 Å². The third kappa shape index (κ3) is 3.05. The number of carboxylic acid groups (broad SMARTS) is 2. The van der Waals surface area contributed by atoms with Crippen molar-refractivity contribution in [3.05, 3.63) is 39.4 Å². The van der Waals surface area contributed by atoms with Crippen LogP contribution >= 0.6 is 0 Å². The van der Waals surface area contributed by atoms with Crippen LogP contribution in [0.1, 0.15) is 22.3 Å². The maximum atomic E-state index is 10.9. The van der Waals surface area contributed by atoms with Crippen molar-refractivity contribution in [2.75, 3.05) is 0 Å². The zero-order chi connectivity index (χ0) is 13.7. The molecule has 0 aliphatic carbocycles. The van der Waals surface area contributed by atoms with Gasteiger partial charge in [0.15, 0.2) is 0 Å². The Morgan fingerprint density at radius 3 is 2.50 bits per heavy atom. The van der Waals surface area contributed by atoms with Crippen molar-refractivity contribution in [1.82, 2.24) is 0 Å². The molecular weight excluding hydrogens is 242 g/mol. The number of nitro benzene ring substituents is 1. The summed E-state index contributed by atoms with van der Waals surface area (Å²) in [7, 11) is 0. The molecule has 0 aliphatic heterocycles. The lowest BCUT2D eigenvalue weighted by atomic mass is 10.1. The van der Waals surface area contributed by atoms with Crippen LogP contribution < -0.4 is 0 Å². The second-order valence-electron chi connectivity index (χ2n) is 3.13. The average molecular weight is 249 g/mol. The van der Waals surface area contributed by atoms with Gasteiger partial charge in [0.1, 0.15) is 12.0 Å². The predicted octanol–water partition coefficient (Wildman–Crippen LogP) is 1.12. The summed E-state index contributed by atoms with van der Waals surface area (Å²) in [6, 6.07) is 3.50. The summed E-state index contributed by atoms with van der Waals surface area (Å²) in [4.78, 5) is 31.1. The number of hydrogen-bond acceptors (Lipinski definition) is 4. The molecule has 18 heavy (non-hydrogen) atoms. The molecule has 0 spiro atoms. The molecular formula is C11H7NO6. The first-order valence-electron chi connectivity index (χ1n) is 4.65. The molecule has 0 radical (unpaired) electrons. The Morgan fingerprint density at radius 2 is 2.00 bits per heavy atom. The van der Waals surface area contributed by atoms with Crippen LogP contribution in [0.25, 0.3) is 0 Å². The Hall–Kier alpha value is -2.88. The van der Waals surface area contributed by atoms with Crippen LogP contribution in [0.4, 0.5) is 5.69 Å². The quantitative estimate of drug-likeness (QED) is 0.470. The van der Waals surface area contributed by atoms with Crippen molar-refractivity contribution in [2.24, 2.45) is 0 Å². The van der Waals surface area contributed by atoms with Gasteiger partial charge < -0.3 is 10.2 Å². The standard InChI is InChI=1S/C11H7NO6/c13-10(14)6-2-3-7-8(11(15)16)4-1-5-9(7)12(17)18/h1,4-5H,6H2,(H,13,14)(H,15,16). The topological polar surface area (TPSA) is 118 Å². The number of nitro groups is 1. The highest BCUT2D eigenvalue weighted by Gasteiger charge is 2.19. The van der Waals surface area contributed by atoms with Crippen LogP contribution in [-0.4, -0.2) is 27.1 Å². The molecule has 0 aromatic heterocycles. The van der Waals surface area contributed by atoms with Crippen LogP contribution in [0.2, 0.25) is 0 Å². The number of hydrogen-bond donors (Lipinski definition) is 2. The van der Waals surface area contributed by atoms with Crippen LogP contribution in [0.3, 0.4) is 0 Å². The SMILES string of the molecule is O=C(O)CC#Cc1c(C(=O)O)cccc1[N+](=O)[O-]. The molecule has 7 heteroatoms. The fourth-order valence-corrected chi connectivity index (χ4v) is 1.21. The normalized spacial score (nSPS) is 9.11. The first-order valence-corrected chi connectivity index (χ1v) is 4.65. The minimum atomic E-state index is -1.36. The van der Waals surface area contributed by atoms with E-state index in [0.717, 1.165) is 6.07 Å². The van der Waals surface area contributed by atoms with E-state index in [-0.39, 0.29) is 11.1 Å². The van der Waals surface area contributed by atoms with E-state index < -0.39 is 29.0 Å². The highest BCUT2D eigenvalue weighted by molar-refractivity contribution is 5.92. The number of aromatic carboxylic acids is 1. The van der Waals surface area contributed by atoms with E-state index in [0.29, 0.717) is 0 Å². The van der Waals surface area contributed by atoms with Gasteiger partial charge in [0.25, 0.3) is 5.69 Å². The van der Waals surface area contributed by atoms with E-state index in [1.54, 1.807) is 0 Å². The molecule has 0 bridgehead atoms. The average Bonchev–Trinajstić information content (AvgIpc) is 2.28. The molecule has 1 aromatic rings. The van der Waals surface area contributed by atoms with Crippen molar-refractivity contribution in [3.8, 4) is 11.8 Å². The Labute approximate surface area is 101 Å². The molecule has 0 unspecified atom stereocenters. The summed E-state index contributed by atoms with van der Waals surface area (Å²) in [5.41, 5.74) is -1.09. The minimum Gasteiger partial charge on any atom is -0.481 e. The fraction of sp³-hybridized carbons (Fsp3) is 0.0909. The number of rotatable bonds is 3. The van der Waals surface area contributed by atoms with E-state index in [4.69, 9.17) is 10.2 Å². The van der Waals surface area contributed by atoms with Gasteiger partial charge in [-0.2, -0.15) is 0 Å². The van der Waals surface area contributed by atoms with E-state index in [2.05, 4.69) is 11.8 Å². The summed E-state index contributed by atoms with van der Waals surface area (Å²) < 4.78 is 0. The zero-order valence-corrected chi connectivity index (χ0v) is 8.91. The number of aliphatic carboxylic acids is 1.